The van der Waals surface area contributed by atoms with Crippen LogP contribution in [-0.2, 0) is 9.53 Å². The van der Waals surface area contributed by atoms with Crippen LogP contribution in [0, 0.1) is 5.92 Å². The second-order valence-corrected chi connectivity index (χ2v) is 4.43. The summed E-state index contributed by atoms with van der Waals surface area (Å²) in [6.07, 6.45) is 0. The van der Waals surface area contributed by atoms with Gasteiger partial charge in [-0.2, -0.15) is 0 Å². The van der Waals surface area contributed by atoms with Gasteiger partial charge in [0.25, 0.3) is 0 Å². The number of hydrogen-bond acceptors (Lipinski definition) is 4. The lowest BCUT2D eigenvalue weighted by molar-refractivity contribution is -0.138. The summed E-state index contributed by atoms with van der Waals surface area (Å²) in [4.78, 5) is 15.0. The molecule has 1 heterocycles. The van der Waals surface area contributed by atoms with Gasteiger partial charge in [0.2, 0.25) is 0 Å². The smallest absolute Gasteiger partial charge is 0.327 e. The van der Waals surface area contributed by atoms with Crippen molar-refractivity contribution in [3.05, 3.63) is 0 Å². The lowest BCUT2D eigenvalue weighted by Crippen LogP contribution is -2.41. The SMILES string of the molecule is COC(=O)CN=C1NC(C)C(C)CS1. The summed E-state index contributed by atoms with van der Waals surface area (Å²) >= 11 is 1.66. The summed E-state index contributed by atoms with van der Waals surface area (Å²) in [6.45, 7) is 4.42. The molecule has 4 nitrogen and oxygen atoms in total. The van der Waals surface area contributed by atoms with E-state index in [1.807, 2.05) is 0 Å². The second kappa shape index (κ2) is 5.24. The molecule has 0 amide bonds. The molecule has 2 unspecified atom stereocenters. The molecule has 0 spiro atoms. The largest absolute Gasteiger partial charge is 0.468 e. The van der Waals surface area contributed by atoms with Crippen LogP contribution in [0.5, 0.6) is 0 Å². The molecule has 1 rings (SSSR count). The van der Waals surface area contributed by atoms with Crippen molar-refractivity contribution in [2.24, 2.45) is 10.9 Å². The Bertz CT molecular complexity index is 243. The Kier molecular flexibility index (Phi) is 4.25. The number of ether oxygens (including phenoxy) is 1. The van der Waals surface area contributed by atoms with E-state index in [-0.39, 0.29) is 12.5 Å². The topological polar surface area (TPSA) is 50.7 Å². The van der Waals surface area contributed by atoms with E-state index in [0.717, 1.165) is 10.9 Å². The Labute approximate surface area is 88.5 Å². The molecule has 1 fully saturated rings. The van der Waals surface area contributed by atoms with E-state index < -0.39 is 0 Å². The first-order valence-electron chi connectivity index (χ1n) is 4.64. The number of carbonyl (C=O) groups is 1. The summed E-state index contributed by atoms with van der Waals surface area (Å²) in [7, 11) is 1.37. The molecular formula is C9H16N2O2S. The number of aliphatic imine (C=N–C) groups is 1. The van der Waals surface area contributed by atoms with Crippen molar-refractivity contribution in [3.63, 3.8) is 0 Å². The van der Waals surface area contributed by atoms with Crippen LogP contribution < -0.4 is 5.32 Å². The van der Waals surface area contributed by atoms with Gasteiger partial charge in [-0.25, -0.2) is 0 Å². The van der Waals surface area contributed by atoms with E-state index in [0.29, 0.717) is 12.0 Å². The minimum atomic E-state index is -0.300. The highest BCUT2D eigenvalue weighted by Crippen LogP contribution is 2.18. The van der Waals surface area contributed by atoms with Gasteiger partial charge in [0, 0.05) is 11.8 Å². The van der Waals surface area contributed by atoms with E-state index >= 15 is 0 Å². The molecule has 0 aromatic heterocycles. The molecule has 80 valence electrons. The van der Waals surface area contributed by atoms with Crippen LogP contribution in [0.2, 0.25) is 0 Å². The van der Waals surface area contributed by atoms with Crippen molar-refractivity contribution in [3.8, 4) is 0 Å². The first kappa shape index (κ1) is 11.4. The van der Waals surface area contributed by atoms with Crippen LogP contribution >= 0.6 is 11.8 Å². The van der Waals surface area contributed by atoms with E-state index in [9.17, 15) is 4.79 Å². The van der Waals surface area contributed by atoms with E-state index in [1.54, 1.807) is 11.8 Å². The highest BCUT2D eigenvalue weighted by Gasteiger charge is 2.20. The van der Waals surface area contributed by atoms with Crippen LogP contribution in [0.3, 0.4) is 0 Å². The van der Waals surface area contributed by atoms with Crippen molar-refractivity contribution in [1.29, 1.82) is 0 Å². The molecule has 0 bridgehead atoms. The predicted octanol–water partition coefficient (Wildman–Crippen LogP) is 0.876. The van der Waals surface area contributed by atoms with E-state index in [1.165, 1.54) is 7.11 Å². The van der Waals surface area contributed by atoms with Crippen molar-refractivity contribution < 1.29 is 9.53 Å². The van der Waals surface area contributed by atoms with Gasteiger partial charge < -0.3 is 10.1 Å². The van der Waals surface area contributed by atoms with Crippen molar-refractivity contribution in [1.82, 2.24) is 5.32 Å². The Morgan fingerprint density at radius 1 is 1.71 bits per heavy atom. The lowest BCUT2D eigenvalue weighted by Gasteiger charge is -2.28. The average molecular weight is 216 g/mol. The van der Waals surface area contributed by atoms with Gasteiger partial charge in [0.15, 0.2) is 5.17 Å². The molecule has 0 aromatic rings. The maximum Gasteiger partial charge on any atom is 0.327 e. The number of hydrogen-bond donors (Lipinski definition) is 1. The molecule has 2 atom stereocenters. The van der Waals surface area contributed by atoms with Gasteiger partial charge in [-0.1, -0.05) is 18.7 Å². The number of esters is 1. The molecule has 1 saturated heterocycles. The molecule has 14 heavy (non-hydrogen) atoms. The summed E-state index contributed by atoms with van der Waals surface area (Å²) in [5, 5.41) is 4.10. The monoisotopic (exact) mass is 216 g/mol. The first-order valence-corrected chi connectivity index (χ1v) is 5.62. The third kappa shape index (κ3) is 3.21. The molecule has 0 saturated carbocycles. The predicted molar refractivity (Wildman–Crippen MR) is 58.5 cm³/mol. The minimum absolute atomic E-state index is 0.104. The van der Waals surface area contributed by atoms with Crippen LogP contribution in [0.4, 0.5) is 0 Å². The molecule has 0 aromatic carbocycles. The fourth-order valence-corrected chi connectivity index (χ4v) is 2.16. The Balaban J connectivity index is 2.42. The fraction of sp³-hybridized carbons (Fsp3) is 0.778. The van der Waals surface area contributed by atoms with Crippen LogP contribution in [0.25, 0.3) is 0 Å². The third-order valence-corrected chi connectivity index (χ3v) is 3.48. The number of amidine groups is 1. The molecule has 1 aliphatic rings. The van der Waals surface area contributed by atoms with Gasteiger partial charge in [-0.15, -0.1) is 0 Å². The molecular weight excluding hydrogens is 200 g/mol. The molecule has 0 aliphatic carbocycles. The molecule has 1 N–H and O–H groups in total. The van der Waals surface area contributed by atoms with Gasteiger partial charge in [-0.05, 0) is 12.8 Å². The van der Waals surface area contributed by atoms with Crippen molar-refractivity contribution >= 4 is 22.9 Å². The highest BCUT2D eigenvalue weighted by atomic mass is 32.2. The number of thioether (sulfide) groups is 1. The first-order chi connectivity index (χ1) is 6.63. The number of rotatable bonds is 2. The number of nitrogens with zero attached hydrogens (tertiary/aromatic N) is 1. The molecule has 0 radical (unpaired) electrons. The van der Waals surface area contributed by atoms with E-state index in [4.69, 9.17) is 0 Å². The quantitative estimate of drug-likeness (QED) is 0.696. The summed E-state index contributed by atoms with van der Waals surface area (Å²) in [5.41, 5.74) is 0. The highest BCUT2D eigenvalue weighted by molar-refractivity contribution is 8.13. The maximum atomic E-state index is 10.8. The zero-order chi connectivity index (χ0) is 10.6. The maximum absolute atomic E-state index is 10.8. The van der Waals surface area contributed by atoms with Crippen molar-refractivity contribution in [2.45, 2.75) is 19.9 Å². The van der Waals surface area contributed by atoms with Gasteiger partial charge >= 0.3 is 5.97 Å². The normalized spacial score (nSPS) is 29.8. The van der Waals surface area contributed by atoms with Gasteiger partial charge in [-0.3, -0.25) is 9.79 Å². The minimum Gasteiger partial charge on any atom is -0.468 e. The average Bonchev–Trinajstić information content (AvgIpc) is 2.19. The second-order valence-electron chi connectivity index (χ2n) is 3.42. The van der Waals surface area contributed by atoms with Crippen LogP contribution in [-0.4, -0.2) is 36.6 Å². The Morgan fingerprint density at radius 3 is 3.00 bits per heavy atom. The zero-order valence-electron chi connectivity index (χ0n) is 8.74. The van der Waals surface area contributed by atoms with Crippen LogP contribution in [0.15, 0.2) is 4.99 Å². The van der Waals surface area contributed by atoms with E-state index in [2.05, 4.69) is 28.9 Å². The van der Waals surface area contributed by atoms with Gasteiger partial charge in [0.05, 0.1) is 7.11 Å². The van der Waals surface area contributed by atoms with Gasteiger partial charge in [0.1, 0.15) is 6.54 Å². The third-order valence-electron chi connectivity index (χ3n) is 2.27. The van der Waals surface area contributed by atoms with Crippen LogP contribution in [0.1, 0.15) is 13.8 Å². The molecule has 5 heteroatoms. The van der Waals surface area contributed by atoms with Crippen molar-refractivity contribution in [2.75, 3.05) is 19.4 Å². The fourth-order valence-electron chi connectivity index (χ4n) is 1.03. The number of carbonyl (C=O) groups excluding carboxylic acids is 1. The lowest BCUT2D eigenvalue weighted by atomic mass is 10.1. The standard InChI is InChI=1S/C9H16N2O2S/c1-6-5-14-9(11-7(6)2)10-4-8(12)13-3/h6-7H,4-5H2,1-3H3,(H,10,11). The summed E-state index contributed by atoms with van der Waals surface area (Å²) in [6, 6.07) is 0.424. The number of nitrogens with one attached hydrogen (secondary N) is 1. The number of methoxy groups -OCH3 is 1. The Hall–Kier alpha value is -0.710. The Morgan fingerprint density at radius 2 is 2.43 bits per heavy atom. The zero-order valence-corrected chi connectivity index (χ0v) is 9.56. The molecule has 1 aliphatic heterocycles. The summed E-state index contributed by atoms with van der Waals surface area (Å²) < 4.78 is 4.51. The summed E-state index contributed by atoms with van der Waals surface area (Å²) in [5.74, 6) is 1.39.